The number of amides is 1. The summed E-state index contributed by atoms with van der Waals surface area (Å²) < 4.78 is 0. The van der Waals surface area contributed by atoms with E-state index in [2.05, 4.69) is 5.32 Å². The quantitative estimate of drug-likeness (QED) is 0.794. The molecule has 4 nitrogen and oxygen atoms in total. The highest BCUT2D eigenvalue weighted by Gasteiger charge is 2.26. The van der Waals surface area contributed by atoms with Crippen LogP contribution in [0.4, 0.5) is 0 Å². The van der Waals surface area contributed by atoms with Crippen LogP contribution in [0.25, 0.3) is 0 Å². The Morgan fingerprint density at radius 2 is 2.06 bits per heavy atom. The van der Waals surface area contributed by atoms with E-state index in [1.807, 2.05) is 11.8 Å². The largest absolute Gasteiger partial charge is 0.393 e. The lowest BCUT2D eigenvalue weighted by Crippen LogP contribution is -2.44. The van der Waals surface area contributed by atoms with Gasteiger partial charge in [0.2, 0.25) is 5.91 Å². The van der Waals surface area contributed by atoms with E-state index < -0.39 is 0 Å². The van der Waals surface area contributed by atoms with Crippen molar-refractivity contribution in [2.45, 2.75) is 57.6 Å². The van der Waals surface area contributed by atoms with Crippen molar-refractivity contribution in [2.75, 3.05) is 19.6 Å². The van der Waals surface area contributed by atoms with Gasteiger partial charge < -0.3 is 15.3 Å². The number of aliphatic hydroxyl groups is 1. The second kappa shape index (κ2) is 6.53. The molecule has 0 saturated carbocycles. The van der Waals surface area contributed by atoms with Gasteiger partial charge in [-0.1, -0.05) is 6.42 Å². The minimum atomic E-state index is -0.234. The molecule has 2 N–H and O–H groups in total. The lowest BCUT2D eigenvalue weighted by molar-refractivity contribution is -0.133. The van der Waals surface area contributed by atoms with E-state index in [0.717, 1.165) is 38.9 Å². The monoisotopic (exact) mass is 254 g/mol. The molecule has 2 unspecified atom stereocenters. The molecule has 2 rings (SSSR count). The van der Waals surface area contributed by atoms with Gasteiger partial charge in [0.15, 0.2) is 0 Å². The van der Waals surface area contributed by atoms with Gasteiger partial charge in [0.05, 0.1) is 6.10 Å². The molecule has 0 aromatic carbocycles. The third-order valence-corrected chi connectivity index (χ3v) is 4.41. The Morgan fingerprint density at radius 1 is 1.33 bits per heavy atom. The Bertz CT molecular complexity index is 267. The first-order valence-electron chi connectivity index (χ1n) is 7.36. The molecular weight excluding hydrogens is 228 g/mol. The number of piperidine rings is 2. The van der Waals surface area contributed by atoms with Gasteiger partial charge in [0.25, 0.3) is 0 Å². The fourth-order valence-electron chi connectivity index (χ4n) is 3.07. The molecule has 2 heterocycles. The van der Waals surface area contributed by atoms with Gasteiger partial charge in [0, 0.05) is 25.6 Å². The normalized spacial score (nSPS) is 28.1. The van der Waals surface area contributed by atoms with E-state index >= 15 is 0 Å². The Kier molecular flexibility index (Phi) is 5.01. The average molecular weight is 254 g/mol. The van der Waals surface area contributed by atoms with Crippen LogP contribution in [-0.4, -0.2) is 47.7 Å². The smallest absolute Gasteiger partial charge is 0.224 e. The Labute approximate surface area is 110 Å². The number of nitrogens with one attached hydrogen (secondary N) is 1. The second-order valence-electron chi connectivity index (χ2n) is 5.81. The van der Waals surface area contributed by atoms with Crippen molar-refractivity contribution >= 4 is 5.91 Å². The number of likely N-dealkylation sites (tertiary alicyclic amines) is 1. The summed E-state index contributed by atoms with van der Waals surface area (Å²) in [5.41, 5.74) is 0. The van der Waals surface area contributed by atoms with Crippen LogP contribution in [0, 0.1) is 5.92 Å². The summed E-state index contributed by atoms with van der Waals surface area (Å²) in [6.45, 7) is 4.55. The molecule has 0 radical (unpaired) electrons. The minimum Gasteiger partial charge on any atom is -0.393 e. The van der Waals surface area contributed by atoms with Crippen molar-refractivity contribution < 1.29 is 9.90 Å². The second-order valence-corrected chi connectivity index (χ2v) is 5.81. The van der Waals surface area contributed by atoms with Crippen molar-refractivity contribution in [1.29, 1.82) is 0 Å². The lowest BCUT2D eigenvalue weighted by atomic mass is 9.91. The first kappa shape index (κ1) is 13.8. The van der Waals surface area contributed by atoms with Crippen LogP contribution in [0.2, 0.25) is 0 Å². The third kappa shape index (κ3) is 3.69. The molecule has 4 heteroatoms. The number of hydrogen-bond acceptors (Lipinski definition) is 3. The van der Waals surface area contributed by atoms with Crippen LogP contribution in [0.1, 0.15) is 45.4 Å². The van der Waals surface area contributed by atoms with Gasteiger partial charge in [-0.15, -0.1) is 0 Å². The van der Waals surface area contributed by atoms with Gasteiger partial charge in [-0.3, -0.25) is 4.79 Å². The van der Waals surface area contributed by atoms with E-state index in [-0.39, 0.29) is 6.10 Å². The van der Waals surface area contributed by atoms with E-state index in [1.54, 1.807) is 0 Å². The highest BCUT2D eigenvalue weighted by molar-refractivity contribution is 5.76. The van der Waals surface area contributed by atoms with Crippen molar-refractivity contribution in [2.24, 2.45) is 5.92 Å². The van der Waals surface area contributed by atoms with Crippen LogP contribution in [0.5, 0.6) is 0 Å². The van der Waals surface area contributed by atoms with E-state index in [1.165, 1.54) is 12.8 Å². The molecule has 2 aliphatic heterocycles. The van der Waals surface area contributed by atoms with Crippen molar-refractivity contribution in [3.8, 4) is 0 Å². The SMILES string of the molecule is CC(O)C1CCN(C(=O)CC2CCCCN2)CC1. The molecule has 104 valence electrons. The summed E-state index contributed by atoms with van der Waals surface area (Å²) in [4.78, 5) is 14.1. The number of aliphatic hydroxyl groups excluding tert-OH is 1. The molecular formula is C14H26N2O2. The molecule has 2 fully saturated rings. The van der Waals surface area contributed by atoms with Crippen LogP contribution >= 0.6 is 0 Å². The third-order valence-electron chi connectivity index (χ3n) is 4.41. The maximum atomic E-state index is 12.2. The van der Waals surface area contributed by atoms with Gasteiger partial charge in [-0.05, 0) is 45.1 Å². The fourth-order valence-corrected chi connectivity index (χ4v) is 3.07. The summed E-state index contributed by atoms with van der Waals surface area (Å²) in [5.74, 6) is 0.667. The summed E-state index contributed by atoms with van der Waals surface area (Å²) in [6, 6.07) is 0.390. The zero-order valence-electron chi connectivity index (χ0n) is 11.4. The standard InChI is InChI=1S/C14H26N2O2/c1-11(17)12-5-8-16(9-6-12)14(18)10-13-4-2-3-7-15-13/h11-13,15,17H,2-10H2,1H3. The van der Waals surface area contributed by atoms with Crippen LogP contribution in [0.3, 0.4) is 0 Å². The lowest BCUT2D eigenvalue weighted by Gasteiger charge is -2.34. The summed E-state index contributed by atoms with van der Waals surface area (Å²) in [6.07, 6.45) is 5.93. The topological polar surface area (TPSA) is 52.6 Å². The summed E-state index contributed by atoms with van der Waals surface area (Å²) in [7, 11) is 0. The molecule has 0 bridgehead atoms. The van der Waals surface area contributed by atoms with Gasteiger partial charge in [0.1, 0.15) is 0 Å². The Balaban J connectivity index is 1.73. The number of hydrogen-bond donors (Lipinski definition) is 2. The average Bonchev–Trinajstić information content (AvgIpc) is 2.40. The molecule has 18 heavy (non-hydrogen) atoms. The minimum absolute atomic E-state index is 0.234. The zero-order chi connectivity index (χ0) is 13.0. The first-order valence-corrected chi connectivity index (χ1v) is 7.36. The Hall–Kier alpha value is -0.610. The number of rotatable bonds is 3. The molecule has 0 aromatic heterocycles. The molecule has 2 aliphatic rings. The zero-order valence-corrected chi connectivity index (χ0v) is 11.4. The van der Waals surface area contributed by atoms with Crippen LogP contribution < -0.4 is 5.32 Å². The van der Waals surface area contributed by atoms with E-state index in [0.29, 0.717) is 24.3 Å². The molecule has 0 aliphatic carbocycles. The predicted octanol–water partition coefficient (Wildman–Crippen LogP) is 1.14. The molecule has 0 spiro atoms. The molecule has 0 aromatic rings. The van der Waals surface area contributed by atoms with Gasteiger partial charge >= 0.3 is 0 Å². The number of nitrogens with zero attached hydrogens (tertiary/aromatic N) is 1. The van der Waals surface area contributed by atoms with E-state index in [9.17, 15) is 9.90 Å². The highest BCUT2D eigenvalue weighted by Crippen LogP contribution is 2.21. The molecule has 2 atom stereocenters. The number of carbonyl (C=O) groups is 1. The summed E-state index contributed by atoms with van der Waals surface area (Å²) >= 11 is 0. The number of carbonyl (C=O) groups excluding carboxylic acids is 1. The first-order chi connectivity index (χ1) is 8.66. The predicted molar refractivity (Wildman–Crippen MR) is 71.2 cm³/mol. The van der Waals surface area contributed by atoms with Crippen LogP contribution in [0.15, 0.2) is 0 Å². The van der Waals surface area contributed by atoms with Crippen molar-refractivity contribution in [3.05, 3.63) is 0 Å². The molecule has 2 saturated heterocycles. The maximum absolute atomic E-state index is 12.2. The van der Waals surface area contributed by atoms with Crippen LogP contribution in [-0.2, 0) is 4.79 Å². The van der Waals surface area contributed by atoms with Crippen molar-refractivity contribution in [1.82, 2.24) is 10.2 Å². The highest BCUT2D eigenvalue weighted by atomic mass is 16.3. The van der Waals surface area contributed by atoms with E-state index in [4.69, 9.17) is 0 Å². The molecule has 1 amide bonds. The fraction of sp³-hybridized carbons (Fsp3) is 0.929. The van der Waals surface area contributed by atoms with Crippen molar-refractivity contribution in [3.63, 3.8) is 0 Å². The van der Waals surface area contributed by atoms with Gasteiger partial charge in [-0.25, -0.2) is 0 Å². The summed E-state index contributed by atoms with van der Waals surface area (Å²) in [5, 5.41) is 13.0. The Morgan fingerprint density at radius 3 is 2.61 bits per heavy atom. The maximum Gasteiger partial charge on any atom is 0.224 e. The van der Waals surface area contributed by atoms with Gasteiger partial charge in [-0.2, -0.15) is 0 Å².